The molecule has 0 bridgehead atoms. The number of carbonyl (C=O) groups is 2. The number of aromatic nitrogens is 2. The summed E-state index contributed by atoms with van der Waals surface area (Å²) in [5.41, 5.74) is 0. The third-order valence-corrected chi connectivity index (χ3v) is 3.17. The SMILES string of the molecule is C[C@H](Nc1cc(N2CCN(C)C(=O)C2)ncn1)C(=O)O. The molecule has 1 fully saturated rings. The number of nitrogens with zero attached hydrogens (tertiary/aromatic N) is 4. The molecule has 0 saturated carbocycles. The Morgan fingerprint density at radius 1 is 1.45 bits per heavy atom. The molecule has 108 valence electrons. The summed E-state index contributed by atoms with van der Waals surface area (Å²) in [6.07, 6.45) is 1.36. The highest BCUT2D eigenvalue weighted by atomic mass is 16.4. The van der Waals surface area contributed by atoms with Gasteiger partial charge in [0.15, 0.2) is 0 Å². The molecule has 2 heterocycles. The summed E-state index contributed by atoms with van der Waals surface area (Å²) < 4.78 is 0. The van der Waals surface area contributed by atoms with Crippen LogP contribution in [-0.2, 0) is 9.59 Å². The van der Waals surface area contributed by atoms with Gasteiger partial charge in [-0.2, -0.15) is 0 Å². The van der Waals surface area contributed by atoms with Crippen molar-refractivity contribution >= 4 is 23.5 Å². The largest absolute Gasteiger partial charge is 0.480 e. The number of aliphatic carboxylic acids is 1. The van der Waals surface area contributed by atoms with Crippen molar-refractivity contribution in [2.45, 2.75) is 13.0 Å². The summed E-state index contributed by atoms with van der Waals surface area (Å²) in [6, 6.07) is 0.907. The fraction of sp³-hybridized carbons (Fsp3) is 0.500. The van der Waals surface area contributed by atoms with Gasteiger partial charge >= 0.3 is 5.97 Å². The maximum Gasteiger partial charge on any atom is 0.325 e. The van der Waals surface area contributed by atoms with Crippen molar-refractivity contribution in [1.82, 2.24) is 14.9 Å². The van der Waals surface area contributed by atoms with Crippen LogP contribution in [-0.4, -0.2) is 64.6 Å². The first-order chi connectivity index (χ1) is 9.47. The van der Waals surface area contributed by atoms with E-state index in [1.54, 1.807) is 18.0 Å². The summed E-state index contributed by atoms with van der Waals surface area (Å²) in [4.78, 5) is 34.1. The van der Waals surface area contributed by atoms with E-state index in [1.807, 2.05) is 4.90 Å². The number of carboxylic acids is 1. The van der Waals surface area contributed by atoms with Crippen LogP contribution in [0.15, 0.2) is 12.4 Å². The molecule has 0 unspecified atom stereocenters. The van der Waals surface area contributed by atoms with Crippen LogP contribution in [0.5, 0.6) is 0 Å². The van der Waals surface area contributed by atoms with Crippen molar-refractivity contribution in [3.63, 3.8) is 0 Å². The van der Waals surface area contributed by atoms with Crippen molar-refractivity contribution in [1.29, 1.82) is 0 Å². The molecule has 8 heteroatoms. The number of piperazine rings is 1. The quantitative estimate of drug-likeness (QED) is 0.776. The molecule has 0 aliphatic carbocycles. The molecule has 1 amide bonds. The van der Waals surface area contributed by atoms with E-state index in [4.69, 9.17) is 5.11 Å². The number of hydrogen-bond donors (Lipinski definition) is 2. The Morgan fingerprint density at radius 2 is 2.20 bits per heavy atom. The van der Waals surface area contributed by atoms with Gasteiger partial charge in [0.1, 0.15) is 24.0 Å². The molecule has 1 atom stereocenters. The highest BCUT2D eigenvalue weighted by molar-refractivity contribution is 5.82. The van der Waals surface area contributed by atoms with E-state index in [0.29, 0.717) is 24.7 Å². The summed E-state index contributed by atoms with van der Waals surface area (Å²) in [5, 5.41) is 11.6. The first kappa shape index (κ1) is 14.0. The molecule has 1 aliphatic rings. The van der Waals surface area contributed by atoms with Gasteiger partial charge in [-0.25, -0.2) is 9.97 Å². The summed E-state index contributed by atoms with van der Waals surface area (Å²) >= 11 is 0. The predicted molar refractivity (Wildman–Crippen MR) is 72.6 cm³/mol. The fourth-order valence-electron chi connectivity index (χ4n) is 1.84. The first-order valence-corrected chi connectivity index (χ1v) is 6.27. The topological polar surface area (TPSA) is 98.7 Å². The highest BCUT2D eigenvalue weighted by Crippen LogP contribution is 2.16. The highest BCUT2D eigenvalue weighted by Gasteiger charge is 2.22. The van der Waals surface area contributed by atoms with Gasteiger partial charge in [-0.1, -0.05) is 0 Å². The van der Waals surface area contributed by atoms with E-state index in [-0.39, 0.29) is 12.5 Å². The predicted octanol–water partition coefficient (Wildman–Crippen LogP) is -0.360. The lowest BCUT2D eigenvalue weighted by atomic mass is 10.3. The number of rotatable bonds is 4. The third-order valence-electron chi connectivity index (χ3n) is 3.17. The van der Waals surface area contributed by atoms with Gasteiger partial charge in [-0.05, 0) is 6.92 Å². The molecule has 0 aromatic carbocycles. The lowest BCUT2D eigenvalue weighted by molar-refractivity contribution is -0.137. The third kappa shape index (κ3) is 3.14. The Kier molecular flexibility index (Phi) is 4.02. The number of hydrogen-bond acceptors (Lipinski definition) is 6. The number of nitrogens with one attached hydrogen (secondary N) is 1. The minimum absolute atomic E-state index is 0.0308. The molecule has 2 rings (SSSR count). The van der Waals surface area contributed by atoms with Gasteiger partial charge in [0.25, 0.3) is 0 Å². The molecule has 1 aliphatic heterocycles. The second kappa shape index (κ2) is 5.72. The standard InChI is InChI=1S/C12H17N5O3/c1-8(12(19)20)15-9-5-10(14-7-13-9)17-4-3-16(2)11(18)6-17/h5,7-8H,3-4,6H2,1-2H3,(H,19,20)(H,13,14,15)/t8-/m0/s1. The van der Waals surface area contributed by atoms with E-state index < -0.39 is 12.0 Å². The van der Waals surface area contributed by atoms with Gasteiger partial charge in [-0.3, -0.25) is 9.59 Å². The van der Waals surface area contributed by atoms with Gasteiger partial charge in [0, 0.05) is 26.2 Å². The average Bonchev–Trinajstić information content (AvgIpc) is 2.42. The summed E-state index contributed by atoms with van der Waals surface area (Å²) in [5.74, 6) is 0.112. The number of carbonyl (C=O) groups excluding carboxylic acids is 1. The molecular formula is C12H17N5O3. The van der Waals surface area contributed by atoms with Crippen LogP contribution >= 0.6 is 0 Å². The lowest BCUT2D eigenvalue weighted by Crippen LogP contribution is -2.48. The zero-order valence-corrected chi connectivity index (χ0v) is 11.4. The Labute approximate surface area is 116 Å². The van der Waals surface area contributed by atoms with E-state index in [2.05, 4.69) is 15.3 Å². The monoisotopic (exact) mass is 279 g/mol. The van der Waals surface area contributed by atoms with E-state index in [9.17, 15) is 9.59 Å². The molecule has 2 N–H and O–H groups in total. The number of likely N-dealkylation sites (N-methyl/N-ethyl adjacent to an activating group) is 1. The van der Waals surface area contributed by atoms with Crippen molar-refractivity contribution < 1.29 is 14.7 Å². The number of anilines is 2. The van der Waals surface area contributed by atoms with Crippen molar-refractivity contribution in [3.8, 4) is 0 Å². The second-order valence-electron chi connectivity index (χ2n) is 4.70. The molecule has 1 aromatic rings. The van der Waals surface area contributed by atoms with E-state index in [0.717, 1.165) is 0 Å². The van der Waals surface area contributed by atoms with Gasteiger partial charge < -0.3 is 20.2 Å². The van der Waals surface area contributed by atoms with Gasteiger partial charge in [0.2, 0.25) is 5.91 Å². The summed E-state index contributed by atoms with van der Waals surface area (Å²) in [6.45, 7) is 3.12. The molecule has 0 spiro atoms. The summed E-state index contributed by atoms with van der Waals surface area (Å²) in [7, 11) is 1.77. The zero-order valence-electron chi connectivity index (χ0n) is 11.4. The molecule has 20 heavy (non-hydrogen) atoms. The van der Waals surface area contributed by atoms with Crippen molar-refractivity contribution in [2.75, 3.05) is 36.9 Å². The Balaban J connectivity index is 2.10. The smallest absolute Gasteiger partial charge is 0.325 e. The van der Waals surface area contributed by atoms with Crippen molar-refractivity contribution in [3.05, 3.63) is 12.4 Å². The van der Waals surface area contributed by atoms with Crippen LogP contribution in [0, 0.1) is 0 Å². The molecule has 1 saturated heterocycles. The normalized spacial score (nSPS) is 17.0. The second-order valence-corrected chi connectivity index (χ2v) is 4.70. The van der Waals surface area contributed by atoms with Crippen molar-refractivity contribution in [2.24, 2.45) is 0 Å². The van der Waals surface area contributed by atoms with Crippen LogP contribution in [0.4, 0.5) is 11.6 Å². The Morgan fingerprint density at radius 3 is 2.85 bits per heavy atom. The number of amides is 1. The minimum Gasteiger partial charge on any atom is -0.480 e. The number of carboxylic acid groups (broad SMARTS) is 1. The van der Waals surface area contributed by atoms with Crippen LogP contribution in [0.1, 0.15) is 6.92 Å². The maximum absolute atomic E-state index is 11.7. The fourth-order valence-corrected chi connectivity index (χ4v) is 1.84. The molecule has 1 aromatic heterocycles. The van der Waals surface area contributed by atoms with E-state index in [1.165, 1.54) is 13.3 Å². The zero-order chi connectivity index (χ0) is 14.7. The van der Waals surface area contributed by atoms with Crippen LogP contribution < -0.4 is 10.2 Å². The first-order valence-electron chi connectivity index (χ1n) is 6.27. The van der Waals surface area contributed by atoms with E-state index >= 15 is 0 Å². The minimum atomic E-state index is -0.958. The van der Waals surface area contributed by atoms with Crippen LogP contribution in [0.2, 0.25) is 0 Å². The van der Waals surface area contributed by atoms with Crippen LogP contribution in [0.25, 0.3) is 0 Å². The Bertz CT molecular complexity index is 522. The van der Waals surface area contributed by atoms with Crippen LogP contribution in [0.3, 0.4) is 0 Å². The Hall–Kier alpha value is -2.38. The van der Waals surface area contributed by atoms with Gasteiger partial charge in [-0.15, -0.1) is 0 Å². The maximum atomic E-state index is 11.7. The lowest BCUT2D eigenvalue weighted by Gasteiger charge is -2.32. The van der Waals surface area contributed by atoms with Gasteiger partial charge in [0.05, 0.1) is 6.54 Å². The molecule has 8 nitrogen and oxygen atoms in total. The molecular weight excluding hydrogens is 262 g/mol. The average molecular weight is 279 g/mol. The molecule has 0 radical (unpaired) electrons.